The normalized spacial score (nSPS) is 11.7. The number of hydrogen-bond donors (Lipinski definition) is 1. The molecule has 21 heavy (non-hydrogen) atoms. The van der Waals surface area contributed by atoms with Crippen LogP contribution < -0.4 is 5.14 Å². The number of rotatable bonds is 3. The second-order valence-electron chi connectivity index (χ2n) is 4.76. The molecule has 3 aromatic rings. The Balaban J connectivity index is 2.22. The molecule has 0 radical (unpaired) electrons. The fraction of sp³-hybridized carbons (Fsp3) is 0.0667. The number of primary sulfonamides is 1. The van der Waals surface area contributed by atoms with Crippen LogP contribution in [-0.4, -0.2) is 13.0 Å². The minimum atomic E-state index is -3.77. The van der Waals surface area contributed by atoms with Crippen LogP contribution in [0.25, 0.3) is 16.3 Å². The first kappa shape index (κ1) is 14.1. The van der Waals surface area contributed by atoms with Crippen molar-refractivity contribution < 1.29 is 8.42 Å². The maximum absolute atomic E-state index is 11.8. The molecule has 1 aromatic carbocycles. The Bertz CT molecular complexity index is 892. The molecule has 2 aromatic heterocycles. The van der Waals surface area contributed by atoms with Gasteiger partial charge in [-0.15, -0.1) is 11.3 Å². The molecule has 0 aliphatic rings. The molecule has 0 unspecified atom stereocenters. The number of benzene rings is 1. The van der Waals surface area contributed by atoms with Crippen LogP contribution in [0.3, 0.4) is 0 Å². The molecular weight excluding hydrogens is 304 g/mol. The van der Waals surface area contributed by atoms with Crippen LogP contribution in [0.1, 0.15) is 5.56 Å². The van der Waals surface area contributed by atoms with Crippen molar-refractivity contribution in [1.29, 1.82) is 0 Å². The summed E-state index contributed by atoms with van der Waals surface area (Å²) in [5, 5.41) is 7.39. The minimum absolute atomic E-state index is 0.121. The second-order valence-corrected chi connectivity index (χ2v) is 7.21. The third-order valence-electron chi connectivity index (χ3n) is 3.16. The molecular formula is C15H14N2O2S2. The Kier molecular flexibility index (Phi) is 3.44. The first-order valence-electron chi connectivity index (χ1n) is 6.32. The highest BCUT2D eigenvalue weighted by atomic mass is 32.2. The van der Waals surface area contributed by atoms with Gasteiger partial charge in [0.2, 0.25) is 10.0 Å². The Morgan fingerprint density at radius 2 is 1.90 bits per heavy atom. The smallest absolute Gasteiger partial charge is 0.240 e. The van der Waals surface area contributed by atoms with E-state index in [1.54, 1.807) is 29.5 Å². The number of nitrogens with zero attached hydrogens (tertiary/aromatic N) is 1. The summed E-state index contributed by atoms with van der Waals surface area (Å²) in [6.07, 6.45) is 1.84. The summed E-state index contributed by atoms with van der Waals surface area (Å²) >= 11 is 1.63. The molecule has 2 N–H and O–H groups in total. The standard InChI is InChI=1S/C15H14N2O2S2/c1-11-9-14(20-10-11)12-6-4-8-17(12)13-5-2-3-7-15(13)21(16,18)19/h2-10H,1H3,(H2,16,18,19). The summed E-state index contributed by atoms with van der Waals surface area (Å²) in [7, 11) is -3.77. The molecule has 0 aliphatic heterocycles. The zero-order valence-corrected chi connectivity index (χ0v) is 13.0. The molecule has 0 atom stereocenters. The maximum Gasteiger partial charge on any atom is 0.240 e. The molecule has 0 aliphatic carbocycles. The lowest BCUT2D eigenvalue weighted by molar-refractivity contribution is 0.597. The van der Waals surface area contributed by atoms with E-state index in [0.29, 0.717) is 5.69 Å². The number of para-hydroxylation sites is 1. The molecule has 2 heterocycles. The molecule has 0 amide bonds. The van der Waals surface area contributed by atoms with Crippen LogP contribution in [0.5, 0.6) is 0 Å². The van der Waals surface area contributed by atoms with Crippen molar-refractivity contribution in [2.45, 2.75) is 11.8 Å². The average Bonchev–Trinajstić information content (AvgIpc) is 3.06. The van der Waals surface area contributed by atoms with Gasteiger partial charge < -0.3 is 4.57 Å². The van der Waals surface area contributed by atoms with Gasteiger partial charge in [0.25, 0.3) is 0 Å². The number of thiophene rings is 1. The summed E-state index contributed by atoms with van der Waals surface area (Å²) in [6.45, 7) is 2.03. The van der Waals surface area contributed by atoms with Gasteiger partial charge in [0.1, 0.15) is 4.90 Å². The lowest BCUT2D eigenvalue weighted by atomic mass is 10.2. The van der Waals surface area contributed by atoms with Crippen molar-refractivity contribution >= 4 is 21.4 Å². The molecule has 0 bridgehead atoms. The van der Waals surface area contributed by atoms with E-state index in [2.05, 4.69) is 11.4 Å². The van der Waals surface area contributed by atoms with Gasteiger partial charge in [-0.05, 0) is 48.2 Å². The third-order valence-corrected chi connectivity index (χ3v) is 5.19. The highest BCUT2D eigenvalue weighted by Crippen LogP contribution is 2.31. The summed E-state index contributed by atoms with van der Waals surface area (Å²) in [6, 6.07) is 12.7. The van der Waals surface area contributed by atoms with Crippen molar-refractivity contribution in [1.82, 2.24) is 4.57 Å². The number of hydrogen-bond acceptors (Lipinski definition) is 3. The monoisotopic (exact) mass is 318 g/mol. The van der Waals surface area contributed by atoms with Gasteiger partial charge in [-0.25, -0.2) is 13.6 Å². The van der Waals surface area contributed by atoms with Gasteiger partial charge >= 0.3 is 0 Å². The Hall–Kier alpha value is -1.89. The van der Waals surface area contributed by atoms with Crippen LogP contribution in [0.15, 0.2) is 58.9 Å². The van der Waals surface area contributed by atoms with Crippen LogP contribution >= 0.6 is 11.3 Å². The lowest BCUT2D eigenvalue weighted by Crippen LogP contribution is -2.15. The van der Waals surface area contributed by atoms with E-state index in [-0.39, 0.29) is 4.90 Å². The van der Waals surface area contributed by atoms with Crippen LogP contribution in [0, 0.1) is 6.92 Å². The fourth-order valence-corrected chi connectivity index (χ4v) is 3.90. The molecule has 0 spiro atoms. The summed E-state index contributed by atoms with van der Waals surface area (Å²) < 4.78 is 25.4. The van der Waals surface area contributed by atoms with Gasteiger partial charge in [-0.3, -0.25) is 0 Å². The maximum atomic E-state index is 11.8. The molecule has 108 valence electrons. The highest BCUT2D eigenvalue weighted by molar-refractivity contribution is 7.89. The summed E-state index contributed by atoms with van der Waals surface area (Å²) in [5.74, 6) is 0. The topological polar surface area (TPSA) is 65.1 Å². The molecule has 4 nitrogen and oxygen atoms in total. The van der Waals surface area contributed by atoms with Crippen molar-refractivity contribution in [3.63, 3.8) is 0 Å². The van der Waals surface area contributed by atoms with Crippen LogP contribution in [0.2, 0.25) is 0 Å². The van der Waals surface area contributed by atoms with Crippen molar-refractivity contribution in [3.05, 3.63) is 59.6 Å². The average molecular weight is 318 g/mol. The largest absolute Gasteiger partial charge is 0.314 e. The zero-order valence-electron chi connectivity index (χ0n) is 11.4. The van der Waals surface area contributed by atoms with Gasteiger partial charge in [0.15, 0.2) is 0 Å². The van der Waals surface area contributed by atoms with Crippen molar-refractivity contribution in [2.24, 2.45) is 5.14 Å². The Labute approximate surface area is 127 Å². The van der Waals surface area contributed by atoms with Gasteiger partial charge in [-0.2, -0.15) is 0 Å². The van der Waals surface area contributed by atoms with E-state index in [1.807, 2.05) is 29.8 Å². The number of nitrogens with two attached hydrogens (primary N) is 1. The highest BCUT2D eigenvalue weighted by Gasteiger charge is 2.17. The summed E-state index contributed by atoms with van der Waals surface area (Å²) in [5.41, 5.74) is 2.69. The van der Waals surface area contributed by atoms with Gasteiger partial charge in [-0.1, -0.05) is 12.1 Å². The molecule has 0 saturated carbocycles. The number of sulfonamides is 1. The lowest BCUT2D eigenvalue weighted by Gasteiger charge is -2.12. The number of aromatic nitrogens is 1. The first-order chi connectivity index (χ1) is 9.97. The van der Waals surface area contributed by atoms with Crippen molar-refractivity contribution in [2.75, 3.05) is 0 Å². The number of aryl methyl sites for hydroxylation is 1. The molecule has 0 fully saturated rings. The zero-order chi connectivity index (χ0) is 15.0. The third kappa shape index (κ3) is 2.65. The van der Waals surface area contributed by atoms with E-state index < -0.39 is 10.0 Å². The van der Waals surface area contributed by atoms with E-state index in [0.717, 1.165) is 10.6 Å². The molecule has 0 saturated heterocycles. The summed E-state index contributed by atoms with van der Waals surface area (Å²) in [4.78, 5) is 1.21. The Morgan fingerprint density at radius 3 is 2.57 bits per heavy atom. The van der Waals surface area contributed by atoms with E-state index in [1.165, 1.54) is 11.6 Å². The SMILES string of the molecule is Cc1csc(-c2cccn2-c2ccccc2S(N)(=O)=O)c1. The van der Waals surface area contributed by atoms with E-state index >= 15 is 0 Å². The van der Waals surface area contributed by atoms with Gasteiger partial charge in [0.05, 0.1) is 16.3 Å². The fourth-order valence-electron chi connectivity index (χ4n) is 2.25. The molecule has 6 heteroatoms. The van der Waals surface area contributed by atoms with Crippen molar-refractivity contribution in [3.8, 4) is 16.3 Å². The predicted octanol–water partition coefficient (Wildman–Crippen LogP) is 3.16. The van der Waals surface area contributed by atoms with E-state index in [4.69, 9.17) is 5.14 Å². The first-order valence-corrected chi connectivity index (χ1v) is 8.74. The molecule has 3 rings (SSSR count). The van der Waals surface area contributed by atoms with Gasteiger partial charge in [0, 0.05) is 6.20 Å². The Morgan fingerprint density at radius 1 is 1.14 bits per heavy atom. The minimum Gasteiger partial charge on any atom is -0.314 e. The predicted molar refractivity (Wildman–Crippen MR) is 85.2 cm³/mol. The van der Waals surface area contributed by atoms with Crippen LogP contribution in [-0.2, 0) is 10.0 Å². The quantitative estimate of drug-likeness (QED) is 0.806. The van der Waals surface area contributed by atoms with Crippen LogP contribution in [0.4, 0.5) is 0 Å². The van der Waals surface area contributed by atoms with E-state index in [9.17, 15) is 8.42 Å². The second kappa shape index (κ2) is 5.14.